The van der Waals surface area contributed by atoms with Crippen molar-refractivity contribution in [2.75, 3.05) is 32.1 Å². The van der Waals surface area contributed by atoms with E-state index in [1.807, 2.05) is 43.3 Å². The summed E-state index contributed by atoms with van der Waals surface area (Å²) < 4.78 is 32.2. The van der Waals surface area contributed by atoms with Crippen LogP contribution in [0.3, 0.4) is 0 Å². The normalized spacial score (nSPS) is 15.1. The predicted octanol–water partition coefficient (Wildman–Crippen LogP) is 3.25. The third-order valence-electron chi connectivity index (χ3n) is 4.85. The Labute approximate surface area is 164 Å². The molecule has 1 fully saturated rings. The summed E-state index contributed by atoms with van der Waals surface area (Å²) in [6, 6.07) is 14.5. The van der Waals surface area contributed by atoms with E-state index >= 15 is 0 Å². The summed E-state index contributed by atoms with van der Waals surface area (Å²) in [5, 5.41) is 4.05. The maximum absolute atomic E-state index is 12.6. The van der Waals surface area contributed by atoms with Crippen molar-refractivity contribution in [2.24, 2.45) is 0 Å². The van der Waals surface area contributed by atoms with Gasteiger partial charge in [-0.05, 0) is 55.3 Å². The van der Waals surface area contributed by atoms with Gasteiger partial charge in [-0.25, -0.2) is 8.42 Å². The largest absolute Gasteiger partial charge is 0.378 e. The lowest BCUT2D eigenvalue weighted by atomic mass is 10.2. The number of aromatic nitrogens is 2. The van der Waals surface area contributed by atoms with Crippen molar-refractivity contribution >= 4 is 15.7 Å². The van der Waals surface area contributed by atoms with Crippen LogP contribution in [0.4, 0.5) is 5.69 Å². The number of hydrogen-bond acceptors (Lipinski definition) is 6. The molecule has 146 valence electrons. The van der Waals surface area contributed by atoms with E-state index in [9.17, 15) is 8.42 Å². The van der Waals surface area contributed by atoms with Gasteiger partial charge >= 0.3 is 0 Å². The minimum Gasteiger partial charge on any atom is -0.378 e. The van der Waals surface area contributed by atoms with Crippen molar-refractivity contribution in [1.29, 1.82) is 0 Å². The molecule has 8 heteroatoms. The van der Waals surface area contributed by atoms with E-state index in [1.54, 1.807) is 24.3 Å². The van der Waals surface area contributed by atoms with Gasteiger partial charge in [-0.3, -0.25) is 0 Å². The van der Waals surface area contributed by atoms with Gasteiger partial charge in [0, 0.05) is 44.0 Å². The highest BCUT2D eigenvalue weighted by Crippen LogP contribution is 2.27. The molecule has 0 unspecified atom stereocenters. The topological polar surface area (TPSA) is 79.5 Å². The number of hydrogen-bond donors (Lipinski definition) is 0. The first-order valence-corrected chi connectivity index (χ1v) is 10.6. The van der Waals surface area contributed by atoms with Crippen LogP contribution in [-0.4, -0.2) is 50.0 Å². The van der Waals surface area contributed by atoms with Crippen LogP contribution >= 0.6 is 0 Å². The first kappa shape index (κ1) is 18.6. The standard InChI is InChI=1S/C20H22N4O3S/c1-23(2)17-7-5-6-16(14-17)20-21-19(22-27-20)15-8-10-18(11-9-15)28(25,26)24-12-3-4-13-24/h5-11,14H,3-4,12-13H2,1-2H3. The monoisotopic (exact) mass is 398 g/mol. The lowest BCUT2D eigenvalue weighted by Crippen LogP contribution is -2.27. The van der Waals surface area contributed by atoms with Gasteiger partial charge in [-0.2, -0.15) is 9.29 Å². The van der Waals surface area contributed by atoms with Crippen LogP contribution in [0, 0.1) is 0 Å². The summed E-state index contributed by atoms with van der Waals surface area (Å²) in [6.45, 7) is 1.18. The minimum atomic E-state index is -3.42. The molecule has 0 N–H and O–H groups in total. The summed E-state index contributed by atoms with van der Waals surface area (Å²) in [6.07, 6.45) is 1.83. The summed E-state index contributed by atoms with van der Waals surface area (Å²) in [5.41, 5.74) is 2.58. The summed E-state index contributed by atoms with van der Waals surface area (Å²) >= 11 is 0. The van der Waals surface area contributed by atoms with Gasteiger partial charge in [0.2, 0.25) is 15.8 Å². The van der Waals surface area contributed by atoms with E-state index in [4.69, 9.17) is 4.52 Å². The molecule has 1 aromatic heterocycles. The molecule has 0 spiro atoms. The SMILES string of the molecule is CN(C)c1cccc(-c2nc(-c3ccc(S(=O)(=O)N4CCCC4)cc3)no2)c1. The van der Waals surface area contributed by atoms with Gasteiger partial charge < -0.3 is 9.42 Å². The van der Waals surface area contributed by atoms with Crippen molar-refractivity contribution < 1.29 is 12.9 Å². The van der Waals surface area contributed by atoms with Crippen LogP contribution in [0.1, 0.15) is 12.8 Å². The number of nitrogens with zero attached hydrogens (tertiary/aromatic N) is 4. The second-order valence-electron chi connectivity index (χ2n) is 7.00. The Balaban J connectivity index is 1.58. The van der Waals surface area contributed by atoms with Crippen LogP contribution < -0.4 is 4.90 Å². The van der Waals surface area contributed by atoms with Crippen molar-refractivity contribution in [3.63, 3.8) is 0 Å². The number of sulfonamides is 1. The molecule has 0 radical (unpaired) electrons. The first-order chi connectivity index (χ1) is 13.4. The van der Waals surface area contributed by atoms with Crippen molar-refractivity contribution in [3.05, 3.63) is 48.5 Å². The van der Waals surface area contributed by atoms with Crippen LogP contribution in [0.5, 0.6) is 0 Å². The molecule has 7 nitrogen and oxygen atoms in total. The molecule has 4 rings (SSSR count). The molecule has 1 saturated heterocycles. The molecule has 1 aliphatic rings. The fourth-order valence-corrected chi connectivity index (χ4v) is 4.75. The van der Waals surface area contributed by atoms with Gasteiger partial charge in [-0.15, -0.1) is 0 Å². The molecule has 3 aromatic rings. The molecule has 0 saturated carbocycles. The van der Waals surface area contributed by atoms with Crippen LogP contribution in [0.15, 0.2) is 57.9 Å². The fraction of sp³-hybridized carbons (Fsp3) is 0.300. The maximum Gasteiger partial charge on any atom is 0.258 e. The maximum atomic E-state index is 12.6. The predicted molar refractivity (Wildman–Crippen MR) is 107 cm³/mol. The number of anilines is 1. The van der Waals surface area contributed by atoms with Gasteiger partial charge in [-0.1, -0.05) is 11.2 Å². The van der Waals surface area contributed by atoms with Gasteiger partial charge in [0.05, 0.1) is 4.90 Å². The quantitative estimate of drug-likeness (QED) is 0.656. The molecule has 2 aromatic carbocycles. The van der Waals surface area contributed by atoms with Crippen molar-refractivity contribution in [2.45, 2.75) is 17.7 Å². The number of benzene rings is 2. The van der Waals surface area contributed by atoms with E-state index in [0.717, 1.165) is 24.1 Å². The molecule has 0 atom stereocenters. The zero-order valence-electron chi connectivity index (χ0n) is 15.9. The van der Waals surface area contributed by atoms with Crippen LogP contribution in [-0.2, 0) is 10.0 Å². The average Bonchev–Trinajstić information content (AvgIpc) is 3.41. The van der Waals surface area contributed by atoms with Gasteiger partial charge in [0.15, 0.2) is 0 Å². The molecule has 0 amide bonds. The lowest BCUT2D eigenvalue weighted by Gasteiger charge is -2.15. The van der Waals surface area contributed by atoms with E-state index in [0.29, 0.717) is 35.3 Å². The summed E-state index contributed by atoms with van der Waals surface area (Å²) in [7, 11) is 0.513. The zero-order valence-corrected chi connectivity index (χ0v) is 16.7. The second-order valence-corrected chi connectivity index (χ2v) is 8.94. The lowest BCUT2D eigenvalue weighted by molar-refractivity contribution is 0.432. The van der Waals surface area contributed by atoms with E-state index < -0.39 is 10.0 Å². The summed E-state index contributed by atoms with van der Waals surface area (Å²) in [5.74, 6) is 0.850. The van der Waals surface area contributed by atoms with E-state index in [1.165, 1.54) is 4.31 Å². The van der Waals surface area contributed by atoms with E-state index in [-0.39, 0.29) is 0 Å². The third-order valence-corrected chi connectivity index (χ3v) is 6.76. The van der Waals surface area contributed by atoms with Crippen LogP contribution in [0.2, 0.25) is 0 Å². The highest BCUT2D eigenvalue weighted by atomic mass is 32.2. The van der Waals surface area contributed by atoms with Crippen molar-refractivity contribution in [1.82, 2.24) is 14.4 Å². The fourth-order valence-electron chi connectivity index (χ4n) is 3.23. The second kappa shape index (κ2) is 7.37. The average molecular weight is 398 g/mol. The Kier molecular flexibility index (Phi) is 4.91. The Morgan fingerprint density at radius 1 is 1.00 bits per heavy atom. The van der Waals surface area contributed by atoms with Gasteiger partial charge in [0.1, 0.15) is 0 Å². The Hall–Kier alpha value is -2.71. The zero-order chi connectivity index (χ0) is 19.7. The van der Waals surface area contributed by atoms with Crippen LogP contribution in [0.25, 0.3) is 22.8 Å². The van der Waals surface area contributed by atoms with Crippen molar-refractivity contribution in [3.8, 4) is 22.8 Å². The molecule has 28 heavy (non-hydrogen) atoms. The molecule has 1 aliphatic heterocycles. The third kappa shape index (κ3) is 3.53. The molecule has 2 heterocycles. The molecule has 0 aliphatic carbocycles. The highest BCUT2D eigenvalue weighted by molar-refractivity contribution is 7.89. The molecular weight excluding hydrogens is 376 g/mol. The molecule has 0 bridgehead atoms. The smallest absolute Gasteiger partial charge is 0.258 e. The first-order valence-electron chi connectivity index (χ1n) is 9.17. The van der Waals surface area contributed by atoms with Gasteiger partial charge in [0.25, 0.3) is 5.89 Å². The minimum absolute atomic E-state index is 0.292. The van der Waals surface area contributed by atoms with E-state index in [2.05, 4.69) is 10.1 Å². The molecular formula is C20H22N4O3S. The Bertz CT molecular complexity index is 1070. The highest BCUT2D eigenvalue weighted by Gasteiger charge is 2.27. The summed E-state index contributed by atoms with van der Waals surface area (Å²) in [4.78, 5) is 6.76. The number of rotatable bonds is 5. The Morgan fingerprint density at radius 3 is 2.39 bits per heavy atom. The Morgan fingerprint density at radius 2 is 1.71 bits per heavy atom.